The number of rotatable bonds is 3. The van der Waals surface area contributed by atoms with E-state index in [9.17, 15) is 4.79 Å². The highest BCUT2D eigenvalue weighted by Gasteiger charge is 2.21. The Morgan fingerprint density at radius 3 is 3.00 bits per heavy atom. The van der Waals surface area contributed by atoms with Gasteiger partial charge in [-0.1, -0.05) is 6.07 Å². The molecule has 3 N–H and O–H groups in total. The van der Waals surface area contributed by atoms with Gasteiger partial charge in [0, 0.05) is 17.8 Å². The fourth-order valence-corrected chi connectivity index (χ4v) is 1.85. The standard InChI is InChI=1S/C13H18N2O2/c1-13(2,8-16)15-12(17)10-4-3-9-5-6-14-11(9)7-10/h3-4,7,14,16H,5-6,8H2,1-2H3,(H,15,17). The van der Waals surface area contributed by atoms with E-state index in [1.165, 1.54) is 5.56 Å². The van der Waals surface area contributed by atoms with Gasteiger partial charge < -0.3 is 15.7 Å². The normalized spacial score (nSPS) is 14.1. The highest BCUT2D eigenvalue weighted by Crippen LogP contribution is 2.23. The van der Waals surface area contributed by atoms with Crippen molar-refractivity contribution in [3.05, 3.63) is 29.3 Å². The maximum atomic E-state index is 12.0. The van der Waals surface area contributed by atoms with Crippen molar-refractivity contribution in [1.82, 2.24) is 5.32 Å². The number of aliphatic hydroxyl groups is 1. The summed E-state index contributed by atoms with van der Waals surface area (Å²) in [5, 5.41) is 15.2. The Balaban J connectivity index is 2.15. The van der Waals surface area contributed by atoms with E-state index in [1.807, 2.05) is 18.2 Å². The van der Waals surface area contributed by atoms with E-state index in [0.29, 0.717) is 5.56 Å². The Labute approximate surface area is 101 Å². The van der Waals surface area contributed by atoms with Gasteiger partial charge in [0.1, 0.15) is 0 Å². The minimum Gasteiger partial charge on any atom is -0.394 e. The molecule has 4 nitrogen and oxygen atoms in total. The summed E-state index contributed by atoms with van der Waals surface area (Å²) < 4.78 is 0. The molecule has 0 saturated heterocycles. The van der Waals surface area contributed by atoms with Crippen molar-refractivity contribution in [3.63, 3.8) is 0 Å². The molecular weight excluding hydrogens is 216 g/mol. The molecule has 0 fully saturated rings. The van der Waals surface area contributed by atoms with Gasteiger partial charge in [-0.05, 0) is 38.0 Å². The van der Waals surface area contributed by atoms with Crippen molar-refractivity contribution in [2.24, 2.45) is 0 Å². The molecule has 1 heterocycles. The number of carbonyl (C=O) groups is 1. The molecule has 1 amide bonds. The number of anilines is 1. The average molecular weight is 234 g/mol. The molecule has 4 heteroatoms. The molecule has 0 radical (unpaired) electrons. The zero-order valence-corrected chi connectivity index (χ0v) is 10.2. The second-order valence-corrected chi connectivity index (χ2v) is 5.04. The molecule has 0 bridgehead atoms. The lowest BCUT2D eigenvalue weighted by molar-refractivity contribution is 0.0869. The molecule has 0 atom stereocenters. The number of benzene rings is 1. The van der Waals surface area contributed by atoms with E-state index in [4.69, 9.17) is 5.11 Å². The second kappa shape index (κ2) is 4.37. The molecule has 92 valence electrons. The van der Waals surface area contributed by atoms with E-state index in [2.05, 4.69) is 10.6 Å². The Morgan fingerprint density at radius 1 is 1.53 bits per heavy atom. The third kappa shape index (κ3) is 2.58. The van der Waals surface area contributed by atoms with Crippen LogP contribution in [0.2, 0.25) is 0 Å². The van der Waals surface area contributed by atoms with Crippen molar-refractivity contribution in [1.29, 1.82) is 0 Å². The molecular formula is C13H18N2O2. The minimum absolute atomic E-state index is 0.0814. The maximum Gasteiger partial charge on any atom is 0.251 e. The molecule has 0 unspecified atom stereocenters. The van der Waals surface area contributed by atoms with Gasteiger partial charge in [-0.25, -0.2) is 0 Å². The lowest BCUT2D eigenvalue weighted by Crippen LogP contribution is -2.46. The topological polar surface area (TPSA) is 61.4 Å². The maximum absolute atomic E-state index is 12.0. The van der Waals surface area contributed by atoms with Crippen molar-refractivity contribution in [2.75, 3.05) is 18.5 Å². The van der Waals surface area contributed by atoms with Crippen LogP contribution >= 0.6 is 0 Å². The highest BCUT2D eigenvalue weighted by atomic mass is 16.3. The predicted octanol–water partition coefficient (Wildman–Crippen LogP) is 1.16. The van der Waals surface area contributed by atoms with Crippen LogP contribution in [0.15, 0.2) is 18.2 Å². The van der Waals surface area contributed by atoms with Crippen LogP contribution in [0.1, 0.15) is 29.8 Å². The molecule has 2 rings (SSSR count). The smallest absolute Gasteiger partial charge is 0.251 e. The number of carbonyl (C=O) groups excluding carboxylic acids is 1. The number of nitrogens with one attached hydrogen (secondary N) is 2. The van der Waals surface area contributed by atoms with Crippen molar-refractivity contribution in [3.8, 4) is 0 Å². The van der Waals surface area contributed by atoms with Gasteiger partial charge in [0.05, 0.1) is 12.1 Å². The van der Waals surface area contributed by atoms with Gasteiger partial charge in [0.2, 0.25) is 0 Å². The Morgan fingerprint density at radius 2 is 2.29 bits per heavy atom. The fraction of sp³-hybridized carbons (Fsp3) is 0.462. The first-order valence-electron chi connectivity index (χ1n) is 5.82. The summed E-state index contributed by atoms with van der Waals surface area (Å²) in [4.78, 5) is 12.0. The van der Waals surface area contributed by atoms with Gasteiger partial charge in [0.15, 0.2) is 0 Å². The van der Waals surface area contributed by atoms with E-state index < -0.39 is 5.54 Å². The minimum atomic E-state index is -0.594. The molecule has 1 aromatic rings. The molecule has 0 aliphatic carbocycles. The first-order chi connectivity index (χ1) is 8.02. The fourth-order valence-electron chi connectivity index (χ4n) is 1.85. The zero-order chi connectivity index (χ0) is 12.5. The van der Waals surface area contributed by atoms with E-state index >= 15 is 0 Å². The number of fused-ring (bicyclic) bond motifs is 1. The molecule has 0 saturated carbocycles. The van der Waals surface area contributed by atoms with Crippen LogP contribution in [-0.2, 0) is 6.42 Å². The largest absolute Gasteiger partial charge is 0.394 e. The quantitative estimate of drug-likeness (QED) is 0.735. The van der Waals surface area contributed by atoms with Gasteiger partial charge in [-0.15, -0.1) is 0 Å². The lowest BCUT2D eigenvalue weighted by atomic mass is 10.0. The Hall–Kier alpha value is -1.55. The van der Waals surface area contributed by atoms with Gasteiger partial charge >= 0.3 is 0 Å². The van der Waals surface area contributed by atoms with Crippen molar-refractivity contribution in [2.45, 2.75) is 25.8 Å². The summed E-state index contributed by atoms with van der Waals surface area (Å²) in [6.07, 6.45) is 1.01. The van der Waals surface area contributed by atoms with Crippen LogP contribution < -0.4 is 10.6 Å². The molecule has 0 aromatic heterocycles. The van der Waals surface area contributed by atoms with Crippen LogP contribution in [0, 0.1) is 0 Å². The van der Waals surface area contributed by atoms with E-state index in [-0.39, 0.29) is 12.5 Å². The van der Waals surface area contributed by atoms with Crippen LogP contribution in [-0.4, -0.2) is 29.7 Å². The number of aliphatic hydroxyl groups excluding tert-OH is 1. The summed E-state index contributed by atoms with van der Waals surface area (Å²) in [7, 11) is 0. The van der Waals surface area contributed by atoms with Crippen LogP contribution in [0.3, 0.4) is 0 Å². The highest BCUT2D eigenvalue weighted by molar-refractivity contribution is 5.96. The van der Waals surface area contributed by atoms with Crippen molar-refractivity contribution >= 4 is 11.6 Å². The summed E-state index contributed by atoms with van der Waals surface area (Å²) >= 11 is 0. The number of hydrogen-bond donors (Lipinski definition) is 3. The lowest BCUT2D eigenvalue weighted by Gasteiger charge is -2.23. The monoisotopic (exact) mass is 234 g/mol. The predicted molar refractivity (Wildman–Crippen MR) is 67.3 cm³/mol. The molecule has 0 spiro atoms. The van der Waals surface area contributed by atoms with Crippen molar-refractivity contribution < 1.29 is 9.90 Å². The van der Waals surface area contributed by atoms with Crippen LogP contribution in [0.25, 0.3) is 0 Å². The number of amides is 1. The first-order valence-corrected chi connectivity index (χ1v) is 5.82. The summed E-state index contributed by atoms with van der Waals surface area (Å²) in [5.41, 5.74) is 2.32. The second-order valence-electron chi connectivity index (χ2n) is 5.04. The van der Waals surface area contributed by atoms with E-state index in [1.54, 1.807) is 13.8 Å². The average Bonchev–Trinajstić information content (AvgIpc) is 2.75. The Kier molecular flexibility index (Phi) is 3.07. The summed E-state index contributed by atoms with van der Waals surface area (Å²) in [5.74, 6) is -0.152. The SMILES string of the molecule is CC(C)(CO)NC(=O)c1ccc2c(c1)NCC2. The van der Waals surface area contributed by atoms with Gasteiger partial charge in [-0.3, -0.25) is 4.79 Å². The summed E-state index contributed by atoms with van der Waals surface area (Å²) in [6.45, 7) is 4.43. The third-order valence-electron chi connectivity index (χ3n) is 2.93. The Bertz CT molecular complexity index is 441. The third-order valence-corrected chi connectivity index (χ3v) is 2.93. The molecule has 1 aromatic carbocycles. The molecule has 1 aliphatic heterocycles. The van der Waals surface area contributed by atoms with Crippen LogP contribution in [0.4, 0.5) is 5.69 Å². The number of hydrogen-bond acceptors (Lipinski definition) is 3. The summed E-state index contributed by atoms with van der Waals surface area (Å²) in [6, 6.07) is 5.68. The zero-order valence-electron chi connectivity index (χ0n) is 10.2. The van der Waals surface area contributed by atoms with Gasteiger partial charge in [-0.2, -0.15) is 0 Å². The van der Waals surface area contributed by atoms with E-state index in [0.717, 1.165) is 18.7 Å². The van der Waals surface area contributed by atoms with Crippen LogP contribution in [0.5, 0.6) is 0 Å². The molecule has 17 heavy (non-hydrogen) atoms. The van der Waals surface area contributed by atoms with Gasteiger partial charge in [0.25, 0.3) is 5.91 Å². The molecule has 1 aliphatic rings. The first kappa shape index (κ1) is 11.9.